The maximum Gasteiger partial charge on any atom is 0.0353 e. The summed E-state index contributed by atoms with van der Waals surface area (Å²) in [5.41, 5.74) is 18.7. The van der Waals surface area contributed by atoms with Crippen LogP contribution in [0.5, 0.6) is 0 Å². The lowest BCUT2D eigenvalue weighted by atomic mass is 9.83. The molecule has 0 aromatic heterocycles. The van der Waals surface area contributed by atoms with E-state index in [4.69, 9.17) is 0 Å². The van der Waals surface area contributed by atoms with Gasteiger partial charge in [0.25, 0.3) is 0 Å². The third-order valence-corrected chi connectivity index (χ3v) is 10.6. The number of hydrogen-bond acceptors (Lipinski definition) is 0. The highest BCUT2D eigenvalue weighted by molar-refractivity contribution is 6.04. The average Bonchev–Trinajstić information content (AvgIpc) is 3.67. The van der Waals surface area contributed by atoms with Crippen molar-refractivity contribution >= 4 is 10.8 Å². The minimum Gasteiger partial charge on any atom is -0.0622 e. The third-order valence-electron chi connectivity index (χ3n) is 10.6. The summed E-state index contributed by atoms with van der Waals surface area (Å²) in [5, 5.41) is 2.61. The molecule has 0 spiro atoms. The fraction of sp³-hybridized carbons (Fsp3) is 0.0417. The van der Waals surface area contributed by atoms with Gasteiger partial charge < -0.3 is 0 Å². The standard InChI is InChI=1S/C48H32/c1-4-14-31(15-5-1)35-26-36(32-16-6-2-7-17-32)28-37(27-35)47-41-25-24-33-18-10-11-21-38(33)48(41)45-29-42-39-22-12-13-23-40(39)46(43(42)30-44(45)47)34-19-8-3-9-20-34/h1-30,46-47H. The first-order chi connectivity index (χ1) is 23.8. The van der Waals surface area contributed by atoms with Gasteiger partial charge in [-0.25, -0.2) is 0 Å². The highest BCUT2D eigenvalue weighted by atomic mass is 14.4. The molecule has 0 saturated heterocycles. The van der Waals surface area contributed by atoms with E-state index in [0.29, 0.717) is 0 Å². The van der Waals surface area contributed by atoms with E-state index in [1.54, 1.807) is 0 Å². The van der Waals surface area contributed by atoms with Crippen LogP contribution in [0.2, 0.25) is 0 Å². The largest absolute Gasteiger partial charge is 0.0622 e. The molecule has 0 fully saturated rings. The summed E-state index contributed by atoms with van der Waals surface area (Å²) in [5.74, 6) is 0.315. The maximum absolute atomic E-state index is 2.57. The SMILES string of the molecule is c1ccc(-c2cc(-c3ccccc3)cc(C3c4cc5c(cc4-c4c3ccc3ccccc43)-c3ccccc3C5c3ccccc3)c2)cc1. The Morgan fingerprint density at radius 1 is 0.292 bits per heavy atom. The Bertz CT molecular complexity index is 2430. The van der Waals surface area contributed by atoms with E-state index >= 15 is 0 Å². The van der Waals surface area contributed by atoms with E-state index in [2.05, 4.69) is 182 Å². The van der Waals surface area contributed by atoms with Gasteiger partial charge in [0.1, 0.15) is 0 Å². The van der Waals surface area contributed by atoms with E-state index in [0.717, 1.165) is 0 Å². The molecule has 0 bridgehead atoms. The van der Waals surface area contributed by atoms with Gasteiger partial charge in [-0.05, 0) is 101 Å². The van der Waals surface area contributed by atoms with Crippen molar-refractivity contribution in [3.63, 3.8) is 0 Å². The monoisotopic (exact) mass is 608 g/mol. The van der Waals surface area contributed by atoms with Gasteiger partial charge in [-0.1, -0.05) is 170 Å². The highest BCUT2D eigenvalue weighted by Crippen LogP contribution is 2.57. The molecule has 0 saturated carbocycles. The zero-order valence-electron chi connectivity index (χ0n) is 26.5. The first-order valence-corrected chi connectivity index (χ1v) is 16.9. The van der Waals surface area contributed by atoms with E-state index in [1.165, 1.54) is 88.7 Å². The second-order valence-corrected chi connectivity index (χ2v) is 13.2. The van der Waals surface area contributed by atoms with Gasteiger partial charge in [0, 0.05) is 11.8 Å². The molecule has 8 aromatic rings. The van der Waals surface area contributed by atoms with Crippen LogP contribution in [0.3, 0.4) is 0 Å². The van der Waals surface area contributed by atoms with Crippen molar-refractivity contribution in [1.82, 2.24) is 0 Å². The Morgan fingerprint density at radius 2 is 0.875 bits per heavy atom. The van der Waals surface area contributed by atoms with Crippen molar-refractivity contribution < 1.29 is 0 Å². The average molecular weight is 609 g/mol. The number of fused-ring (bicyclic) bond motifs is 8. The Morgan fingerprint density at radius 3 is 1.60 bits per heavy atom. The smallest absolute Gasteiger partial charge is 0.0353 e. The number of hydrogen-bond donors (Lipinski definition) is 0. The highest BCUT2D eigenvalue weighted by Gasteiger charge is 2.37. The minimum atomic E-state index is 0.108. The van der Waals surface area contributed by atoms with Crippen LogP contribution >= 0.6 is 0 Å². The second kappa shape index (κ2) is 10.8. The molecule has 0 aliphatic heterocycles. The Balaban J connectivity index is 1.27. The van der Waals surface area contributed by atoms with Crippen LogP contribution < -0.4 is 0 Å². The molecule has 8 aromatic carbocycles. The molecular weight excluding hydrogens is 577 g/mol. The van der Waals surface area contributed by atoms with Crippen molar-refractivity contribution in [3.8, 4) is 44.5 Å². The van der Waals surface area contributed by atoms with E-state index in [1.807, 2.05) is 0 Å². The van der Waals surface area contributed by atoms with Crippen molar-refractivity contribution in [2.45, 2.75) is 11.8 Å². The molecule has 0 nitrogen and oxygen atoms in total. The summed E-state index contributed by atoms with van der Waals surface area (Å²) >= 11 is 0. The molecule has 0 heteroatoms. The molecule has 0 amide bonds. The zero-order chi connectivity index (χ0) is 31.6. The van der Waals surface area contributed by atoms with Crippen LogP contribution in [0.1, 0.15) is 45.2 Å². The van der Waals surface area contributed by atoms with E-state index in [9.17, 15) is 0 Å². The summed E-state index contributed by atoms with van der Waals surface area (Å²) in [7, 11) is 0. The molecule has 224 valence electrons. The minimum absolute atomic E-state index is 0.108. The van der Waals surface area contributed by atoms with Gasteiger partial charge >= 0.3 is 0 Å². The quantitative estimate of drug-likeness (QED) is 0.186. The van der Waals surface area contributed by atoms with Crippen LogP contribution in [0.4, 0.5) is 0 Å². The van der Waals surface area contributed by atoms with Crippen LogP contribution in [0, 0.1) is 0 Å². The van der Waals surface area contributed by atoms with Gasteiger partial charge in [-0.15, -0.1) is 0 Å². The Kier molecular flexibility index (Phi) is 6.11. The molecule has 2 atom stereocenters. The summed E-state index contributed by atoms with van der Waals surface area (Å²) in [4.78, 5) is 0. The first kappa shape index (κ1) is 27.2. The lowest BCUT2D eigenvalue weighted by molar-refractivity contribution is 0.982. The molecule has 0 N–H and O–H groups in total. The maximum atomic E-state index is 2.57. The van der Waals surface area contributed by atoms with Gasteiger partial charge in [0.2, 0.25) is 0 Å². The topological polar surface area (TPSA) is 0 Å². The molecule has 2 aliphatic carbocycles. The molecule has 2 unspecified atom stereocenters. The first-order valence-electron chi connectivity index (χ1n) is 16.9. The van der Waals surface area contributed by atoms with Gasteiger partial charge in [0.15, 0.2) is 0 Å². The van der Waals surface area contributed by atoms with Crippen LogP contribution in [0.25, 0.3) is 55.3 Å². The van der Waals surface area contributed by atoms with Crippen LogP contribution in [-0.2, 0) is 0 Å². The normalized spacial score (nSPS) is 15.5. The fourth-order valence-corrected chi connectivity index (χ4v) is 8.50. The predicted molar refractivity (Wildman–Crippen MR) is 200 cm³/mol. The molecule has 2 aliphatic rings. The molecular formula is C48H32. The van der Waals surface area contributed by atoms with Crippen molar-refractivity contribution in [3.05, 3.63) is 215 Å². The fourth-order valence-electron chi connectivity index (χ4n) is 8.50. The van der Waals surface area contributed by atoms with Crippen molar-refractivity contribution in [1.29, 1.82) is 0 Å². The van der Waals surface area contributed by atoms with Crippen molar-refractivity contribution in [2.24, 2.45) is 0 Å². The van der Waals surface area contributed by atoms with E-state index < -0.39 is 0 Å². The number of benzene rings is 8. The predicted octanol–water partition coefficient (Wildman–Crippen LogP) is 12.5. The second-order valence-electron chi connectivity index (χ2n) is 13.2. The summed E-state index contributed by atoms with van der Waals surface area (Å²) in [6.45, 7) is 0. The molecule has 48 heavy (non-hydrogen) atoms. The summed E-state index contributed by atoms with van der Waals surface area (Å²) in [6.07, 6.45) is 0. The third kappa shape index (κ3) is 4.16. The van der Waals surface area contributed by atoms with Gasteiger partial charge in [-0.2, -0.15) is 0 Å². The van der Waals surface area contributed by atoms with Crippen LogP contribution in [-0.4, -0.2) is 0 Å². The molecule has 0 heterocycles. The van der Waals surface area contributed by atoms with Gasteiger partial charge in [-0.3, -0.25) is 0 Å². The van der Waals surface area contributed by atoms with E-state index in [-0.39, 0.29) is 11.8 Å². The Labute approximate surface area is 281 Å². The van der Waals surface area contributed by atoms with Gasteiger partial charge in [0.05, 0.1) is 0 Å². The lowest BCUT2D eigenvalue weighted by Gasteiger charge is -2.20. The Hall–Kier alpha value is -5.98. The van der Waals surface area contributed by atoms with Crippen molar-refractivity contribution in [2.75, 3.05) is 0 Å². The lowest BCUT2D eigenvalue weighted by Crippen LogP contribution is -2.03. The zero-order valence-corrected chi connectivity index (χ0v) is 26.5. The summed E-state index contributed by atoms with van der Waals surface area (Å²) in [6, 6.07) is 67.7. The van der Waals surface area contributed by atoms with Crippen LogP contribution in [0.15, 0.2) is 182 Å². The molecule has 10 rings (SSSR count). The summed E-state index contributed by atoms with van der Waals surface area (Å²) < 4.78 is 0. The number of rotatable bonds is 4. The molecule has 0 radical (unpaired) electrons.